The van der Waals surface area contributed by atoms with Gasteiger partial charge in [-0.15, -0.1) is 0 Å². The third kappa shape index (κ3) is 12.7. The molecule has 61 valence electrons. The minimum atomic E-state index is -5.17. The average Bonchev–Trinajstić information content (AvgIpc) is 1.85. The molecular formula is C6H5HgO4S. The molecule has 0 aliphatic rings. The number of hydrogen-bond acceptors (Lipinski definition) is 4. The molecule has 0 saturated heterocycles. The first-order valence-electron chi connectivity index (χ1n) is 2.93. The van der Waals surface area contributed by atoms with Gasteiger partial charge in [0.1, 0.15) is 0 Å². The molecule has 0 bridgehead atoms. The molecule has 0 N–H and O–H groups in total. The molecule has 12 heavy (non-hydrogen) atoms. The maximum atomic E-state index is 8.52. The van der Waals surface area contributed by atoms with E-state index in [9.17, 15) is 0 Å². The van der Waals surface area contributed by atoms with Crippen LogP contribution >= 0.6 is 0 Å². The van der Waals surface area contributed by atoms with Crippen LogP contribution in [-0.2, 0) is 36.5 Å². The second-order valence-corrected chi connectivity index (χ2v) is 5.88. The monoisotopic (exact) mass is 375 g/mol. The van der Waals surface area contributed by atoms with E-state index in [4.69, 9.17) is 17.5 Å². The molecule has 4 nitrogen and oxygen atoms in total. The van der Waals surface area contributed by atoms with Crippen LogP contribution in [0.4, 0.5) is 0 Å². The molecule has 0 atom stereocenters. The van der Waals surface area contributed by atoms with Crippen molar-refractivity contribution in [1.29, 1.82) is 0 Å². The SMILES string of the molecule is O=S(=O)([O-])[O-].[Hg+2][c]1ccccc1. The topological polar surface area (TPSA) is 80.3 Å². The molecule has 0 saturated carbocycles. The van der Waals surface area contributed by atoms with E-state index in [2.05, 4.69) is 30.3 Å². The zero-order valence-corrected chi connectivity index (χ0v) is 12.4. The maximum absolute atomic E-state index is 8.52. The molecule has 0 fully saturated rings. The Bertz CT molecular complexity index is 300. The second kappa shape index (κ2) is 5.63. The Morgan fingerprint density at radius 1 is 1.08 bits per heavy atom. The number of hydrogen-bond donors (Lipinski definition) is 0. The molecule has 1 aromatic carbocycles. The first kappa shape index (κ1) is 12.0. The molecule has 0 radical (unpaired) electrons. The summed E-state index contributed by atoms with van der Waals surface area (Å²) in [6, 6.07) is 10.6. The summed E-state index contributed by atoms with van der Waals surface area (Å²) in [6.07, 6.45) is 0. The van der Waals surface area contributed by atoms with Crippen molar-refractivity contribution >= 4 is 13.5 Å². The van der Waals surface area contributed by atoms with Crippen molar-refractivity contribution in [3.63, 3.8) is 0 Å². The minimum absolute atomic E-state index is 0.810. The fourth-order valence-corrected chi connectivity index (χ4v) is 1.54. The molecule has 1 aromatic rings. The van der Waals surface area contributed by atoms with Gasteiger partial charge in [0.05, 0.1) is 0 Å². The van der Waals surface area contributed by atoms with Gasteiger partial charge in [-0.3, -0.25) is 8.42 Å². The van der Waals surface area contributed by atoms with Crippen LogP contribution in [0.3, 0.4) is 0 Å². The summed E-state index contributed by atoms with van der Waals surface area (Å²) in [7, 11) is -5.17. The van der Waals surface area contributed by atoms with E-state index >= 15 is 0 Å². The van der Waals surface area contributed by atoms with Crippen LogP contribution in [0.2, 0.25) is 0 Å². The predicted molar refractivity (Wildman–Crippen MR) is 36.6 cm³/mol. The quantitative estimate of drug-likeness (QED) is 0.349. The Morgan fingerprint density at radius 2 is 1.42 bits per heavy atom. The molecule has 0 heterocycles. The summed E-state index contributed by atoms with van der Waals surface area (Å²) >= 11 is 0.810. The van der Waals surface area contributed by atoms with E-state index in [-0.39, 0.29) is 0 Å². The van der Waals surface area contributed by atoms with Crippen molar-refractivity contribution in [2.75, 3.05) is 0 Å². The zero-order valence-electron chi connectivity index (χ0n) is 6.14. The fraction of sp³-hybridized carbons (Fsp3) is 0. The first-order chi connectivity index (χ1) is 5.39. The molecule has 1 rings (SSSR count). The van der Waals surface area contributed by atoms with Gasteiger partial charge in [-0.2, -0.15) is 0 Å². The van der Waals surface area contributed by atoms with Gasteiger partial charge in [-0.05, 0) is 0 Å². The van der Waals surface area contributed by atoms with E-state index < -0.39 is 10.4 Å². The predicted octanol–water partition coefficient (Wildman–Crippen LogP) is -0.479. The average molecular weight is 374 g/mol. The molecule has 0 aliphatic carbocycles. The summed E-state index contributed by atoms with van der Waals surface area (Å²) in [5.41, 5.74) is 0. The van der Waals surface area contributed by atoms with Crippen molar-refractivity contribution in [2.45, 2.75) is 0 Å². The van der Waals surface area contributed by atoms with E-state index in [0.717, 1.165) is 26.1 Å². The van der Waals surface area contributed by atoms with Crippen molar-refractivity contribution in [1.82, 2.24) is 0 Å². The van der Waals surface area contributed by atoms with E-state index in [1.54, 1.807) is 0 Å². The van der Waals surface area contributed by atoms with Crippen LogP contribution in [0.5, 0.6) is 0 Å². The summed E-state index contributed by atoms with van der Waals surface area (Å²) in [5, 5.41) is 0. The van der Waals surface area contributed by atoms with E-state index in [1.165, 1.54) is 3.07 Å². The van der Waals surface area contributed by atoms with Gasteiger partial charge in [0.2, 0.25) is 0 Å². The van der Waals surface area contributed by atoms with Crippen LogP contribution < -0.4 is 3.07 Å². The normalized spacial score (nSPS) is 10.0. The van der Waals surface area contributed by atoms with Crippen LogP contribution in [0.15, 0.2) is 30.3 Å². The van der Waals surface area contributed by atoms with Crippen molar-refractivity contribution in [3.8, 4) is 0 Å². The summed E-state index contributed by atoms with van der Waals surface area (Å²) < 4.78 is 35.6. The zero-order chi connectivity index (χ0) is 9.61. The summed E-state index contributed by atoms with van der Waals surface area (Å²) in [5.74, 6) is 0. The van der Waals surface area contributed by atoms with Crippen molar-refractivity contribution < 1.29 is 43.6 Å². The molecule has 6 heteroatoms. The van der Waals surface area contributed by atoms with Gasteiger partial charge in [0, 0.05) is 10.4 Å². The van der Waals surface area contributed by atoms with Crippen LogP contribution in [0, 0.1) is 0 Å². The van der Waals surface area contributed by atoms with Crippen LogP contribution in [0.25, 0.3) is 0 Å². The Hall–Kier alpha value is 0.0251. The van der Waals surface area contributed by atoms with Gasteiger partial charge in [0.15, 0.2) is 0 Å². The molecule has 0 spiro atoms. The van der Waals surface area contributed by atoms with Crippen molar-refractivity contribution in [3.05, 3.63) is 30.3 Å². The second-order valence-electron chi connectivity index (χ2n) is 1.89. The van der Waals surface area contributed by atoms with Crippen LogP contribution in [0.1, 0.15) is 0 Å². The molecule has 0 amide bonds. The molecule has 0 unspecified atom stereocenters. The summed E-state index contributed by atoms with van der Waals surface area (Å²) in [6.45, 7) is 0. The Kier molecular flexibility index (Phi) is 5.64. The third-order valence-electron chi connectivity index (χ3n) is 0.843. The van der Waals surface area contributed by atoms with Gasteiger partial charge in [-0.1, -0.05) is 0 Å². The van der Waals surface area contributed by atoms with Gasteiger partial charge in [-0.25, -0.2) is 0 Å². The Labute approximate surface area is 87.2 Å². The summed E-state index contributed by atoms with van der Waals surface area (Å²) in [4.78, 5) is 0. The molecule has 0 aromatic heterocycles. The Balaban J connectivity index is 0.000000217. The third-order valence-corrected chi connectivity index (χ3v) is 2.68. The van der Waals surface area contributed by atoms with Gasteiger partial charge in [0.25, 0.3) is 0 Å². The number of rotatable bonds is 0. The molecule has 0 aliphatic heterocycles. The first-order valence-corrected chi connectivity index (χ1v) is 7.01. The van der Waals surface area contributed by atoms with Gasteiger partial charge >= 0.3 is 59.5 Å². The van der Waals surface area contributed by atoms with Crippen molar-refractivity contribution in [2.24, 2.45) is 0 Å². The van der Waals surface area contributed by atoms with Crippen LogP contribution in [-0.4, -0.2) is 17.5 Å². The van der Waals surface area contributed by atoms with E-state index in [0.29, 0.717) is 0 Å². The van der Waals surface area contributed by atoms with Gasteiger partial charge < -0.3 is 9.11 Å². The van der Waals surface area contributed by atoms with E-state index in [1.807, 2.05) is 0 Å². The number of benzene rings is 1. The molecular weight excluding hydrogens is 369 g/mol. The Morgan fingerprint density at radius 3 is 1.58 bits per heavy atom. The standard InChI is InChI=1S/C6H5.Hg.H2O4S/c1-2-4-6-5-3-1;;1-5(2,3)4/h1-5H;;(H2,1,2,3,4)/q;+2;/p-2. The fourth-order valence-electron chi connectivity index (χ4n) is 0.478.